The molecule has 0 aliphatic heterocycles. The maximum absolute atomic E-state index is 12.0. The van der Waals surface area contributed by atoms with Crippen molar-refractivity contribution in [1.29, 1.82) is 0 Å². The van der Waals surface area contributed by atoms with Crippen LogP contribution in [0.4, 0.5) is 0 Å². The number of aliphatic hydroxyl groups excluding tert-OH is 1. The number of nitrogens with zero attached hydrogens (tertiary/aromatic N) is 2. The Bertz CT molecular complexity index is 814. The molecule has 0 aliphatic carbocycles. The van der Waals surface area contributed by atoms with Gasteiger partial charge in [0.05, 0.1) is 18.0 Å². The number of aliphatic hydroxyl groups is 1. The average molecular weight is 387 g/mol. The topological polar surface area (TPSA) is 85.6 Å². The number of esters is 1. The molecule has 152 valence electrons. The molecular weight excluding hydrogens is 358 g/mol. The Balaban J connectivity index is 2.16. The molecule has 28 heavy (non-hydrogen) atoms. The van der Waals surface area contributed by atoms with E-state index in [1.54, 1.807) is 24.7 Å². The highest BCUT2D eigenvalue weighted by molar-refractivity contribution is 5.89. The van der Waals surface area contributed by atoms with E-state index in [1.165, 1.54) is 0 Å². The molecule has 0 radical (unpaired) electrons. The van der Waals surface area contributed by atoms with Crippen molar-refractivity contribution >= 4 is 11.7 Å². The lowest BCUT2D eigenvalue weighted by atomic mass is 10.1. The van der Waals surface area contributed by atoms with Crippen molar-refractivity contribution in [1.82, 2.24) is 14.9 Å². The second kappa shape index (κ2) is 10.1. The fourth-order valence-electron chi connectivity index (χ4n) is 2.66. The summed E-state index contributed by atoms with van der Waals surface area (Å²) in [7, 11) is 0. The third kappa shape index (κ3) is 5.43. The van der Waals surface area contributed by atoms with Crippen LogP contribution < -0.4 is 10.1 Å². The summed E-state index contributed by atoms with van der Waals surface area (Å²) in [6, 6.07) is 7.72. The molecule has 1 heterocycles. The van der Waals surface area contributed by atoms with Gasteiger partial charge in [-0.05, 0) is 26.0 Å². The molecule has 1 aromatic carbocycles. The third-order valence-electron chi connectivity index (χ3n) is 4.16. The predicted octanol–water partition coefficient (Wildman–Crippen LogP) is 2.62. The van der Waals surface area contributed by atoms with Gasteiger partial charge >= 0.3 is 5.97 Å². The van der Waals surface area contributed by atoms with Gasteiger partial charge in [-0.1, -0.05) is 32.6 Å². The number of aromatic nitrogens is 2. The van der Waals surface area contributed by atoms with Crippen LogP contribution in [0.5, 0.6) is 5.75 Å². The number of para-hydroxylation sites is 1. The van der Waals surface area contributed by atoms with Crippen LogP contribution in [0.15, 0.2) is 37.2 Å². The van der Waals surface area contributed by atoms with Crippen molar-refractivity contribution in [2.45, 2.75) is 39.8 Å². The molecule has 1 aromatic heterocycles. The summed E-state index contributed by atoms with van der Waals surface area (Å²) in [6.45, 7) is 12.6. The smallest absolute Gasteiger partial charge is 0.358 e. The van der Waals surface area contributed by atoms with Crippen molar-refractivity contribution in [3.05, 3.63) is 54.1 Å². The minimum Gasteiger partial charge on any atom is -0.490 e. The van der Waals surface area contributed by atoms with Gasteiger partial charge in [0.2, 0.25) is 0 Å². The number of ether oxygens (including phenoxy) is 2. The fraction of sp³-hybridized carbons (Fsp3) is 0.429. The van der Waals surface area contributed by atoms with E-state index < -0.39 is 12.1 Å². The minimum atomic E-state index is -0.630. The summed E-state index contributed by atoms with van der Waals surface area (Å²) in [5, 5.41) is 13.3. The molecule has 0 spiro atoms. The summed E-state index contributed by atoms with van der Waals surface area (Å²) in [6.07, 6.45) is 0.913. The van der Waals surface area contributed by atoms with Crippen LogP contribution in [-0.4, -0.2) is 52.5 Å². The first-order chi connectivity index (χ1) is 13.3. The molecule has 2 aromatic rings. The second-order valence-electron chi connectivity index (χ2n) is 6.74. The van der Waals surface area contributed by atoms with Crippen molar-refractivity contribution < 1.29 is 19.4 Å². The summed E-state index contributed by atoms with van der Waals surface area (Å²) in [5.74, 6) is 0.138. The Hall–Kier alpha value is -2.64. The Morgan fingerprint density at radius 1 is 1.36 bits per heavy atom. The molecular formula is C21H29N3O4. The number of rotatable bonds is 10. The highest BCUT2D eigenvalue weighted by Crippen LogP contribution is 2.27. The number of benzene rings is 1. The zero-order valence-corrected chi connectivity index (χ0v) is 16.9. The molecule has 0 amide bonds. The highest BCUT2D eigenvalue weighted by Gasteiger charge is 2.19. The van der Waals surface area contributed by atoms with Crippen LogP contribution in [-0.2, 0) is 4.74 Å². The lowest BCUT2D eigenvalue weighted by Gasteiger charge is -2.18. The van der Waals surface area contributed by atoms with Gasteiger partial charge in [0.25, 0.3) is 0 Å². The van der Waals surface area contributed by atoms with E-state index in [9.17, 15) is 9.90 Å². The molecule has 2 N–H and O–H groups in total. The Kier molecular flexibility index (Phi) is 7.78. The van der Waals surface area contributed by atoms with Crippen molar-refractivity contribution in [3.8, 4) is 5.75 Å². The number of hydrogen-bond donors (Lipinski definition) is 2. The summed E-state index contributed by atoms with van der Waals surface area (Å²) in [4.78, 5) is 16.2. The van der Waals surface area contributed by atoms with Crippen molar-refractivity contribution in [2.75, 3.05) is 19.8 Å². The maximum Gasteiger partial charge on any atom is 0.358 e. The molecule has 0 aliphatic rings. The Morgan fingerprint density at radius 2 is 2.07 bits per heavy atom. The molecule has 0 saturated carbocycles. The number of nitrogens with one attached hydrogen (secondary N) is 1. The van der Waals surface area contributed by atoms with Gasteiger partial charge in [-0.2, -0.15) is 0 Å². The lowest BCUT2D eigenvalue weighted by Crippen LogP contribution is -2.35. The zero-order chi connectivity index (χ0) is 20.7. The second-order valence-corrected chi connectivity index (χ2v) is 6.74. The van der Waals surface area contributed by atoms with E-state index >= 15 is 0 Å². The van der Waals surface area contributed by atoms with Crippen molar-refractivity contribution in [2.24, 2.45) is 0 Å². The van der Waals surface area contributed by atoms with Crippen LogP contribution in [0.3, 0.4) is 0 Å². The summed E-state index contributed by atoms with van der Waals surface area (Å²) in [5.41, 5.74) is 2.27. The quantitative estimate of drug-likeness (QED) is 0.610. The Labute approximate surface area is 166 Å². The first-order valence-corrected chi connectivity index (χ1v) is 9.39. The largest absolute Gasteiger partial charge is 0.490 e. The SMILES string of the molecule is C=C(c1ccccc1OCC(O)CNC(C)C)n1cnc(C(=O)OCC)c1C. The predicted molar refractivity (Wildman–Crippen MR) is 108 cm³/mol. The maximum atomic E-state index is 12.0. The number of carbonyl (C=O) groups is 1. The van der Waals surface area contributed by atoms with Crippen LogP contribution in [0.2, 0.25) is 0 Å². The first-order valence-electron chi connectivity index (χ1n) is 9.39. The van der Waals surface area contributed by atoms with E-state index in [0.717, 1.165) is 5.56 Å². The van der Waals surface area contributed by atoms with E-state index in [0.29, 0.717) is 29.7 Å². The molecule has 1 atom stereocenters. The van der Waals surface area contributed by atoms with Crippen LogP contribution in [0.25, 0.3) is 5.70 Å². The molecule has 0 saturated heterocycles. The van der Waals surface area contributed by atoms with Gasteiger partial charge in [-0.25, -0.2) is 9.78 Å². The summed E-state index contributed by atoms with van der Waals surface area (Å²) >= 11 is 0. The van der Waals surface area contributed by atoms with Gasteiger partial charge < -0.3 is 24.5 Å². The van der Waals surface area contributed by atoms with Crippen LogP contribution in [0.1, 0.15) is 42.5 Å². The first kappa shape index (κ1) is 21.7. The normalized spacial score (nSPS) is 12.1. The lowest BCUT2D eigenvalue weighted by molar-refractivity contribution is 0.0519. The minimum absolute atomic E-state index is 0.154. The molecule has 2 rings (SSSR count). The van der Waals surface area contributed by atoms with Gasteiger partial charge in [-0.15, -0.1) is 0 Å². The highest BCUT2D eigenvalue weighted by atomic mass is 16.5. The Morgan fingerprint density at radius 3 is 2.75 bits per heavy atom. The molecule has 0 bridgehead atoms. The van der Waals surface area contributed by atoms with Gasteiger partial charge in [0, 0.05) is 18.2 Å². The number of carbonyl (C=O) groups excluding carboxylic acids is 1. The average Bonchev–Trinajstić information content (AvgIpc) is 3.06. The number of imidazole rings is 1. The van der Waals surface area contributed by atoms with E-state index in [-0.39, 0.29) is 18.9 Å². The number of hydrogen-bond acceptors (Lipinski definition) is 6. The molecule has 0 fully saturated rings. The third-order valence-corrected chi connectivity index (χ3v) is 4.16. The van der Waals surface area contributed by atoms with E-state index in [2.05, 4.69) is 16.9 Å². The van der Waals surface area contributed by atoms with Crippen molar-refractivity contribution in [3.63, 3.8) is 0 Å². The van der Waals surface area contributed by atoms with Crippen LogP contribution in [0, 0.1) is 6.92 Å². The van der Waals surface area contributed by atoms with E-state index in [4.69, 9.17) is 9.47 Å². The van der Waals surface area contributed by atoms with E-state index in [1.807, 2.05) is 38.1 Å². The van der Waals surface area contributed by atoms with Gasteiger partial charge in [-0.3, -0.25) is 0 Å². The van der Waals surface area contributed by atoms with Crippen LogP contribution >= 0.6 is 0 Å². The zero-order valence-electron chi connectivity index (χ0n) is 16.9. The molecule has 7 nitrogen and oxygen atoms in total. The molecule has 7 heteroatoms. The standard InChI is InChI=1S/C21H29N3O4/c1-6-27-21(26)20-16(5)24(13-23-20)15(4)18-9-7-8-10-19(18)28-12-17(25)11-22-14(2)3/h7-10,13-14,17,22,25H,4,6,11-12H2,1-3,5H3. The summed E-state index contributed by atoms with van der Waals surface area (Å²) < 4.78 is 12.6. The van der Waals surface area contributed by atoms with Gasteiger partial charge in [0.15, 0.2) is 5.69 Å². The van der Waals surface area contributed by atoms with Gasteiger partial charge in [0.1, 0.15) is 24.8 Å². The monoisotopic (exact) mass is 387 g/mol. The molecule has 1 unspecified atom stereocenters. The fourth-order valence-corrected chi connectivity index (χ4v) is 2.66.